The van der Waals surface area contributed by atoms with E-state index in [1.807, 2.05) is 18.2 Å². The monoisotopic (exact) mass is 298 g/mol. The molecule has 0 fully saturated rings. The van der Waals surface area contributed by atoms with Crippen LogP contribution in [-0.4, -0.2) is 9.79 Å². The van der Waals surface area contributed by atoms with E-state index in [0.29, 0.717) is 11.7 Å². The van der Waals surface area contributed by atoms with E-state index in [9.17, 15) is 0 Å². The SMILES string of the molecule is CCCCCCC(CC)Cc1ccccc1OP(O)O. The molecular formula is C16H27O3P. The van der Waals surface area contributed by atoms with Crippen molar-refractivity contribution in [1.82, 2.24) is 0 Å². The third kappa shape index (κ3) is 6.69. The molecule has 1 aromatic carbocycles. The Hall–Kier alpha value is -0.630. The number of rotatable bonds is 10. The standard InChI is InChI=1S/C16H27O3P/c1-3-5-6-7-10-14(4-2)13-15-11-8-9-12-16(15)19-20(17)18/h8-9,11-12,14,17-18H,3-7,10,13H2,1-2H3. The first-order valence-electron chi connectivity index (χ1n) is 7.61. The van der Waals surface area contributed by atoms with Crippen molar-refractivity contribution < 1.29 is 14.3 Å². The smallest absolute Gasteiger partial charge is 0.391 e. The van der Waals surface area contributed by atoms with Crippen LogP contribution in [0.5, 0.6) is 5.75 Å². The summed E-state index contributed by atoms with van der Waals surface area (Å²) in [6, 6.07) is 7.66. The molecule has 1 rings (SSSR count). The van der Waals surface area contributed by atoms with Gasteiger partial charge in [0.2, 0.25) is 0 Å². The summed E-state index contributed by atoms with van der Waals surface area (Å²) in [6.07, 6.45) is 8.50. The van der Waals surface area contributed by atoms with Crippen LogP contribution in [0.4, 0.5) is 0 Å². The largest absolute Gasteiger partial charge is 0.427 e. The highest BCUT2D eigenvalue weighted by Gasteiger charge is 2.13. The van der Waals surface area contributed by atoms with Gasteiger partial charge in [-0.3, -0.25) is 0 Å². The maximum Gasteiger partial charge on any atom is 0.391 e. The van der Waals surface area contributed by atoms with Crippen LogP contribution in [0.3, 0.4) is 0 Å². The second kappa shape index (κ2) is 10.1. The molecule has 0 aromatic heterocycles. The van der Waals surface area contributed by atoms with Gasteiger partial charge in [0.1, 0.15) is 5.75 Å². The molecule has 0 spiro atoms. The average molecular weight is 298 g/mol. The Kier molecular flexibility index (Phi) is 8.84. The summed E-state index contributed by atoms with van der Waals surface area (Å²) in [4.78, 5) is 18.0. The van der Waals surface area contributed by atoms with Crippen molar-refractivity contribution in [2.24, 2.45) is 5.92 Å². The molecule has 2 N–H and O–H groups in total. The molecule has 0 aliphatic carbocycles. The topological polar surface area (TPSA) is 49.7 Å². The predicted octanol–water partition coefficient (Wildman–Crippen LogP) is 4.82. The Morgan fingerprint density at radius 2 is 1.85 bits per heavy atom. The van der Waals surface area contributed by atoms with Gasteiger partial charge in [-0.15, -0.1) is 0 Å². The minimum absolute atomic E-state index is 0.607. The molecule has 1 atom stereocenters. The fourth-order valence-electron chi connectivity index (χ4n) is 2.47. The summed E-state index contributed by atoms with van der Waals surface area (Å²) in [5, 5.41) is 0. The van der Waals surface area contributed by atoms with Crippen molar-refractivity contribution in [2.75, 3.05) is 0 Å². The van der Waals surface area contributed by atoms with Crippen molar-refractivity contribution in [1.29, 1.82) is 0 Å². The third-order valence-electron chi connectivity index (χ3n) is 3.70. The van der Waals surface area contributed by atoms with Crippen molar-refractivity contribution in [3.8, 4) is 5.75 Å². The van der Waals surface area contributed by atoms with Crippen molar-refractivity contribution in [2.45, 2.75) is 58.8 Å². The molecule has 114 valence electrons. The summed E-state index contributed by atoms with van der Waals surface area (Å²) in [5.74, 6) is 1.25. The fraction of sp³-hybridized carbons (Fsp3) is 0.625. The molecule has 0 aliphatic rings. The van der Waals surface area contributed by atoms with E-state index in [4.69, 9.17) is 14.3 Å². The second-order valence-corrected chi connectivity index (χ2v) is 5.97. The number of para-hydroxylation sites is 1. The average Bonchev–Trinajstić information content (AvgIpc) is 2.43. The van der Waals surface area contributed by atoms with Gasteiger partial charge in [-0.25, -0.2) is 0 Å². The van der Waals surface area contributed by atoms with Gasteiger partial charge in [0.05, 0.1) is 0 Å². The molecule has 20 heavy (non-hydrogen) atoms. The minimum atomic E-state index is -2.34. The molecular weight excluding hydrogens is 271 g/mol. The lowest BCUT2D eigenvalue weighted by Crippen LogP contribution is -2.05. The van der Waals surface area contributed by atoms with Crippen LogP contribution in [0.15, 0.2) is 24.3 Å². The van der Waals surface area contributed by atoms with E-state index >= 15 is 0 Å². The predicted molar refractivity (Wildman–Crippen MR) is 84.7 cm³/mol. The van der Waals surface area contributed by atoms with Gasteiger partial charge in [0.25, 0.3) is 0 Å². The molecule has 0 heterocycles. The maximum absolute atomic E-state index is 9.02. The first kappa shape index (κ1) is 17.4. The molecule has 0 amide bonds. The van der Waals surface area contributed by atoms with Crippen LogP contribution >= 0.6 is 8.60 Å². The molecule has 0 saturated carbocycles. The maximum atomic E-state index is 9.02. The van der Waals surface area contributed by atoms with Gasteiger partial charge in [-0.1, -0.05) is 70.6 Å². The highest BCUT2D eigenvalue weighted by Crippen LogP contribution is 2.33. The molecule has 4 heteroatoms. The third-order valence-corrected chi connectivity index (χ3v) is 4.06. The molecule has 0 aliphatic heterocycles. The fourth-order valence-corrected chi connectivity index (χ4v) is 2.82. The zero-order chi connectivity index (χ0) is 14.8. The molecule has 1 unspecified atom stereocenters. The number of benzene rings is 1. The molecule has 0 saturated heterocycles. The van der Waals surface area contributed by atoms with Gasteiger partial charge < -0.3 is 14.3 Å². The summed E-state index contributed by atoms with van der Waals surface area (Å²) in [7, 11) is -2.34. The Morgan fingerprint density at radius 1 is 1.10 bits per heavy atom. The highest BCUT2D eigenvalue weighted by atomic mass is 31.2. The van der Waals surface area contributed by atoms with E-state index in [1.54, 1.807) is 6.07 Å². The Balaban J connectivity index is 2.55. The quantitative estimate of drug-likeness (QED) is 0.481. The minimum Gasteiger partial charge on any atom is -0.427 e. The lowest BCUT2D eigenvalue weighted by molar-refractivity contribution is 0.370. The van der Waals surface area contributed by atoms with Crippen LogP contribution < -0.4 is 4.52 Å². The van der Waals surface area contributed by atoms with Crippen molar-refractivity contribution >= 4 is 8.60 Å². The lowest BCUT2D eigenvalue weighted by Gasteiger charge is -2.17. The molecule has 0 bridgehead atoms. The Labute approximate surface area is 124 Å². The normalized spacial score (nSPS) is 12.7. The van der Waals surface area contributed by atoms with E-state index < -0.39 is 8.60 Å². The van der Waals surface area contributed by atoms with Gasteiger partial charge in [0.15, 0.2) is 0 Å². The first-order chi connectivity index (χ1) is 9.67. The van der Waals surface area contributed by atoms with Gasteiger partial charge in [-0.05, 0) is 24.0 Å². The van der Waals surface area contributed by atoms with Crippen molar-refractivity contribution in [3.05, 3.63) is 29.8 Å². The van der Waals surface area contributed by atoms with E-state index in [1.165, 1.54) is 32.1 Å². The zero-order valence-electron chi connectivity index (χ0n) is 12.6. The van der Waals surface area contributed by atoms with Crippen LogP contribution in [0.1, 0.15) is 57.9 Å². The number of hydrogen-bond acceptors (Lipinski definition) is 3. The Morgan fingerprint density at radius 3 is 2.50 bits per heavy atom. The van der Waals surface area contributed by atoms with E-state index in [2.05, 4.69) is 13.8 Å². The Bertz CT molecular complexity index is 368. The molecule has 1 aromatic rings. The van der Waals surface area contributed by atoms with E-state index in [0.717, 1.165) is 18.4 Å². The van der Waals surface area contributed by atoms with Crippen LogP contribution in [0.2, 0.25) is 0 Å². The van der Waals surface area contributed by atoms with Gasteiger partial charge in [-0.2, -0.15) is 0 Å². The first-order valence-corrected chi connectivity index (χ1v) is 8.77. The van der Waals surface area contributed by atoms with Gasteiger partial charge >= 0.3 is 8.60 Å². The lowest BCUT2D eigenvalue weighted by atomic mass is 9.91. The van der Waals surface area contributed by atoms with Crippen molar-refractivity contribution in [3.63, 3.8) is 0 Å². The van der Waals surface area contributed by atoms with Gasteiger partial charge in [0, 0.05) is 0 Å². The summed E-state index contributed by atoms with van der Waals surface area (Å²) < 4.78 is 5.11. The zero-order valence-corrected chi connectivity index (χ0v) is 13.5. The highest BCUT2D eigenvalue weighted by molar-refractivity contribution is 7.39. The summed E-state index contributed by atoms with van der Waals surface area (Å²) in [5.41, 5.74) is 1.07. The van der Waals surface area contributed by atoms with Crippen LogP contribution in [0, 0.1) is 5.92 Å². The molecule has 0 radical (unpaired) electrons. The number of hydrogen-bond donors (Lipinski definition) is 2. The summed E-state index contributed by atoms with van der Waals surface area (Å²) >= 11 is 0. The van der Waals surface area contributed by atoms with Crippen LogP contribution in [0.25, 0.3) is 0 Å². The van der Waals surface area contributed by atoms with E-state index in [-0.39, 0.29) is 0 Å². The van der Waals surface area contributed by atoms with Crippen LogP contribution in [-0.2, 0) is 6.42 Å². The summed E-state index contributed by atoms with van der Waals surface area (Å²) in [6.45, 7) is 4.45. The second-order valence-electron chi connectivity index (χ2n) is 5.28. The number of unbranched alkanes of at least 4 members (excludes halogenated alkanes) is 3. The molecule has 3 nitrogen and oxygen atoms in total.